The topological polar surface area (TPSA) is 0 Å². The Hall–Kier alpha value is 0.580. The molecule has 0 amide bonds. The highest BCUT2D eigenvalue weighted by molar-refractivity contribution is 6.44. The van der Waals surface area contributed by atoms with Gasteiger partial charge in [-0.2, -0.15) is 0 Å². The van der Waals surface area contributed by atoms with E-state index < -0.39 is 0 Å². The van der Waals surface area contributed by atoms with Crippen molar-refractivity contribution in [1.29, 1.82) is 0 Å². The number of halogens is 2. The minimum Gasteiger partial charge on any atom is -0.105 e. The van der Waals surface area contributed by atoms with Crippen LogP contribution in [0.25, 0.3) is 0 Å². The predicted molar refractivity (Wildman–Crippen MR) is 141 cm³/mol. The monoisotopic (exact) mass is 462 g/mol. The van der Waals surface area contributed by atoms with Crippen LogP contribution in [-0.2, 0) is 0 Å². The van der Waals surface area contributed by atoms with Crippen molar-refractivity contribution in [3.8, 4) is 0 Å². The number of rotatable bonds is 26. The van der Waals surface area contributed by atoms with Gasteiger partial charge in [0.1, 0.15) is 4.84 Å². The smallest absolute Gasteiger partial charge is 0.105 e. The second-order valence-corrected chi connectivity index (χ2v) is 10.9. The van der Waals surface area contributed by atoms with E-state index in [0.29, 0.717) is 0 Å². The van der Waals surface area contributed by atoms with Gasteiger partial charge < -0.3 is 0 Å². The van der Waals surface area contributed by atoms with Gasteiger partial charge >= 0.3 is 0 Å². The van der Waals surface area contributed by atoms with Crippen LogP contribution in [-0.4, -0.2) is 4.84 Å². The molecule has 0 aromatic rings. The molecule has 0 saturated heterocycles. The van der Waals surface area contributed by atoms with E-state index in [9.17, 15) is 0 Å². The second-order valence-electron chi connectivity index (χ2n) is 9.67. The molecule has 0 aliphatic carbocycles. The molecule has 0 aromatic carbocycles. The summed E-state index contributed by atoms with van der Waals surface area (Å²) in [5, 5.41) is 0. The highest BCUT2D eigenvalue weighted by Gasteiger charge is 1.98. The number of hydrogen-bond donors (Lipinski definition) is 0. The van der Waals surface area contributed by atoms with E-state index in [1.54, 1.807) is 0 Å². The molecule has 0 aliphatic heterocycles. The molecule has 0 rings (SSSR count). The zero-order valence-corrected chi connectivity index (χ0v) is 22.2. The first-order chi connectivity index (χ1) is 14.8. The average molecular weight is 464 g/mol. The summed E-state index contributed by atoms with van der Waals surface area (Å²) in [6.45, 7) is 2.30. The van der Waals surface area contributed by atoms with Crippen LogP contribution in [0.4, 0.5) is 0 Å². The maximum atomic E-state index is 5.75. The predicted octanol–water partition coefficient (Wildman–Crippen LogP) is 12.0. The van der Waals surface area contributed by atoms with Crippen LogP contribution in [0, 0.1) is 0 Å². The van der Waals surface area contributed by atoms with Crippen LogP contribution in [0.15, 0.2) is 0 Å². The summed E-state index contributed by atoms with van der Waals surface area (Å²) in [4.78, 5) is -0.158. The van der Waals surface area contributed by atoms with E-state index in [2.05, 4.69) is 6.92 Å². The van der Waals surface area contributed by atoms with Crippen molar-refractivity contribution >= 4 is 23.2 Å². The quantitative estimate of drug-likeness (QED) is 0.0883. The lowest BCUT2D eigenvalue weighted by atomic mass is 10.0. The molecule has 0 radical (unpaired) electrons. The summed E-state index contributed by atoms with van der Waals surface area (Å²) >= 11 is 11.5. The Labute approximate surface area is 201 Å². The molecule has 0 nitrogen and oxygen atoms in total. The molecule has 30 heavy (non-hydrogen) atoms. The molecule has 0 aliphatic rings. The average Bonchev–Trinajstić information content (AvgIpc) is 2.73. The molecule has 0 saturated carbocycles. The summed E-state index contributed by atoms with van der Waals surface area (Å²) in [5.74, 6) is 0. The molecule has 0 spiro atoms. The van der Waals surface area contributed by atoms with Gasteiger partial charge in [0.2, 0.25) is 0 Å². The Kier molecular flexibility index (Phi) is 28.1. The summed E-state index contributed by atoms with van der Waals surface area (Å²) in [7, 11) is 0. The number of unbranched alkanes of at least 4 members (excludes halogenated alkanes) is 24. The molecule has 0 aromatic heterocycles. The van der Waals surface area contributed by atoms with Crippen molar-refractivity contribution in [2.24, 2.45) is 0 Å². The number of hydrogen-bond acceptors (Lipinski definition) is 0. The fourth-order valence-electron chi connectivity index (χ4n) is 4.44. The minimum absolute atomic E-state index is 0.158. The van der Waals surface area contributed by atoms with Gasteiger partial charge in [-0.3, -0.25) is 0 Å². The van der Waals surface area contributed by atoms with Gasteiger partial charge in [0.15, 0.2) is 0 Å². The van der Waals surface area contributed by atoms with Crippen molar-refractivity contribution in [3.63, 3.8) is 0 Å². The van der Waals surface area contributed by atoms with Crippen LogP contribution in [0.3, 0.4) is 0 Å². The van der Waals surface area contributed by atoms with E-state index in [-0.39, 0.29) is 4.84 Å². The fraction of sp³-hybridized carbons (Fsp3) is 1.00. The zero-order chi connectivity index (χ0) is 22.0. The van der Waals surface area contributed by atoms with Crippen LogP contribution < -0.4 is 0 Å². The number of alkyl halides is 2. The van der Waals surface area contributed by atoms with Crippen LogP contribution >= 0.6 is 23.2 Å². The lowest BCUT2D eigenvalue weighted by molar-refractivity contribution is 0.516. The molecular weight excluding hydrogens is 407 g/mol. The van der Waals surface area contributed by atoms with Gasteiger partial charge in [-0.15, -0.1) is 23.2 Å². The summed E-state index contributed by atoms with van der Waals surface area (Å²) < 4.78 is 0. The van der Waals surface area contributed by atoms with E-state index in [1.807, 2.05) is 0 Å². The van der Waals surface area contributed by atoms with E-state index in [1.165, 1.54) is 161 Å². The molecule has 0 N–H and O–H groups in total. The Bertz CT molecular complexity index is 290. The first kappa shape index (κ1) is 30.6. The summed E-state index contributed by atoms with van der Waals surface area (Å²) in [6.07, 6.45) is 36.9. The fourth-order valence-corrected chi connectivity index (χ4v) is 4.75. The third-order valence-corrected chi connectivity index (χ3v) is 6.96. The van der Waals surface area contributed by atoms with Gasteiger partial charge in [0.05, 0.1) is 0 Å². The molecule has 182 valence electrons. The van der Waals surface area contributed by atoms with E-state index >= 15 is 0 Å². The lowest BCUT2D eigenvalue weighted by Gasteiger charge is -2.04. The highest BCUT2D eigenvalue weighted by atomic mass is 35.5. The zero-order valence-electron chi connectivity index (χ0n) is 20.7. The molecule has 0 bridgehead atoms. The first-order valence-corrected chi connectivity index (χ1v) is 14.9. The van der Waals surface area contributed by atoms with Crippen molar-refractivity contribution in [2.45, 2.75) is 179 Å². The van der Waals surface area contributed by atoms with Crippen molar-refractivity contribution in [1.82, 2.24) is 0 Å². The molecular formula is C28H56Cl2. The van der Waals surface area contributed by atoms with Gasteiger partial charge in [-0.25, -0.2) is 0 Å². The largest absolute Gasteiger partial charge is 0.107 e. The normalized spacial score (nSPS) is 11.6. The lowest BCUT2D eigenvalue weighted by Crippen LogP contribution is -1.87. The highest BCUT2D eigenvalue weighted by Crippen LogP contribution is 2.17. The maximum absolute atomic E-state index is 5.75. The van der Waals surface area contributed by atoms with Crippen molar-refractivity contribution < 1.29 is 0 Å². The standard InChI is InChI=1S/C28H56Cl2/c1-2-3-4-5-6-7-8-9-10-11-12-13-14-15-16-17-18-19-20-21-22-23-24-25-26-27-28(29)30/h28H,2-27H2,1H3. The molecule has 0 unspecified atom stereocenters. The SMILES string of the molecule is CCCCCCCCCCCCCCCCCCCCCCCCCCCC(Cl)Cl. The Balaban J connectivity index is 2.99. The molecule has 0 fully saturated rings. The van der Waals surface area contributed by atoms with Crippen molar-refractivity contribution in [2.75, 3.05) is 0 Å². The molecule has 0 heterocycles. The minimum atomic E-state index is -0.158. The van der Waals surface area contributed by atoms with Gasteiger partial charge in [0.25, 0.3) is 0 Å². The first-order valence-electron chi connectivity index (χ1n) is 14.1. The Morgan fingerprint density at radius 1 is 0.333 bits per heavy atom. The Morgan fingerprint density at radius 3 is 0.733 bits per heavy atom. The van der Waals surface area contributed by atoms with Crippen molar-refractivity contribution in [3.05, 3.63) is 0 Å². The van der Waals surface area contributed by atoms with Gasteiger partial charge in [-0.1, -0.05) is 167 Å². The van der Waals surface area contributed by atoms with Crippen LogP contribution in [0.1, 0.15) is 174 Å². The molecule has 0 atom stereocenters. The Morgan fingerprint density at radius 2 is 0.533 bits per heavy atom. The van der Waals surface area contributed by atoms with E-state index in [4.69, 9.17) is 23.2 Å². The maximum Gasteiger partial charge on any atom is 0.107 e. The second kappa shape index (κ2) is 27.6. The van der Waals surface area contributed by atoms with Crippen LogP contribution in [0.2, 0.25) is 0 Å². The molecule has 2 heteroatoms. The third kappa shape index (κ3) is 28.6. The van der Waals surface area contributed by atoms with Gasteiger partial charge in [-0.05, 0) is 6.42 Å². The summed E-state index contributed by atoms with van der Waals surface area (Å²) in [6, 6.07) is 0. The van der Waals surface area contributed by atoms with E-state index in [0.717, 1.165) is 6.42 Å². The van der Waals surface area contributed by atoms with Gasteiger partial charge in [0, 0.05) is 0 Å². The van der Waals surface area contributed by atoms with Crippen LogP contribution in [0.5, 0.6) is 0 Å². The summed E-state index contributed by atoms with van der Waals surface area (Å²) in [5.41, 5.74) is 0. The third-order valence-electron chi connectivity index (χ3n) is 6.53.